The summed E-state index contributed by atoms with van der Waals surface area (Å²) in [6.07, 6.45) is 4.42. The number of hydrogen-bond acceptors (Lipinski definition) is 5. The van der Waals surface area contributed by atoms with E-state index in [1.165, 1.54) is 18.6 Å². The molecule has 0 amide bonds. The molecule has 1 aliphatic rings. The first-order chi connectivity index (χ1) is 6.79. The number of nitrogens with one attached hydrogen (secondary N) is 1. The van der Waals surface area contributed by atoms with Gasteiger partial charge in [-0.15, -0.1) is 0 Å². The number of nitriles is 1. The van der Waals surface area contributed by atoms with Crippen molar-refractivity contribution in [1.82, 2.24) is 5.32 Å². The number of hydrogen-bond donors (Lipinski definition) is 1. The fraction of sp³-hybridized carbons (Fsp3) is 0.222. The van der Waals surface area contributed by atoms with Crippen LogP contribution in [0.2, 0.25) is 0 Å². The van der Waals surface area contributed by atoms with Crippen molar-refractivity contribution < 1.29 is 9.53 Å². The summed E-state index contributed by atoms with van der Waals surface area (Å²) >= 11 is 0. The summed E-state index contributed by atoms with van der Waals surface area (Å²) in [4.78, 5) is 15.0. The van der Waals surface area contributed by atoms with Crippen LogP contribution in [-0.2, 0) is 9.53 Å². The molecule has 0 atom stereocenters. The van der Waals surface area contributed by atoms with Crippen LogP contribution in [0.5, 0.6) is 0 Å². The normalized spacial score (nSPS) is 16.9. The van der Waals surface area contributed by atoms with Crippen molar-refractivity contribution in [3.63, 3.8) is 0 Å². The number of allylic oxidation sites excluding steroid dienone is 1. The summed E-state index contributed by atoms with van der Waals surface area (Å²) in [5, 5.41) is 11.4. The molecule has 0 radical (unpaired) electrons. The van der Waals surface area contributed by atoms with Gasteiger partial charge in [0.15, 0.2) is 5.57 Å². The maximum Gasteiger partial charge on any atom is 0.351 e. The van der Waals surface area contributed by atoms with Crippen LogP contribution in [0.3, 0.4) is 0 Å². The average molecular weight is 191 g/mol. The minimum Gasteiger partial charge on any atom is -0.462 e. The first-order valence-electron chi connectivity index (χ1n) is 4.05. The number of carbonyl (C=O) groups excluding carboxylic acids is 1. The molecule has 0 bridgehead atoms. The maximum atomic E-state index is 11.3. The van der Waals surface area contributed by atoms with Gasteiger partial charge in [0, 0.05) is 6.20 Å². The number of aliphatic imine (C=N–C) groups is 1. The molecule has 0 spiro atoms. The van der Waals surface area contributed by atoms with Crippen molar-refractivity contribution in [3.05, 3.63) is 23.5 Å². The van der Waals surface area contributed by atoms with E-state index in [1.807, 2.05) is 0 Å². The zero-order chi connectivity index (χ0) is 10.4. The molecule has 0 saturated carbocycles. The molecular formula is C9H9N3O2. The summed E-state index contributed by atoms with van der Waals surface area (Å²) in [7, 11) is 0. The van der Waals surface area contributed by atoms with Gasteiger partial charge in [-0.2, -0.15) is 5.26 Å². The monoisotopic (exact) mass is 191 g/mol. The molecule has 0 aliphatic carbocycles. The second-order valence-electron chi connectivity index (χ2n) is 2.36. The molecule has 1 rings (SSSR count). The molecule has 5 nitrogen and oxygen atoms in total. The Morgan fingerprint density at radius 2 is 2.57 bits per heavy atom. The molecule has 0 aromatic carbocycles. The lowest BCUT2D eigenvalue weighted by atomic mass is 10.2. The van der Waals surface area contributed by atoms with Gasteiger partial charge >= 0.3 is 5.97 Å². The summed E-state index contributed by atoms with van der Waals surface area (Å²) in [5.74, 6) is -0.627. The van der Waals surface area contributed by atoms with Gasteiger partial charge in [-0.05, 0) is 13.0 Å². The molecule has 5 heteroatoms. The van der Waals surface area contributed by atoms with Crippen LogP contribution >= 0.6 is 0 Å². The lowest BCUT2D eigenvalue weighted by Crippen LogP contribution is -2.18. The standard InChI is InChI=1S/C9H9N3O2/c1-2-14-9(13)7(5-10)8-3-4-11-6-12-8/h3-4,6H,2H2,1H3,(H,11,12)/b8-7-. The minimum atomic E-state index is -0.627. The zero-order valence-electron chi connectivity index (χ0n) is 7.65. The van der Waals surface area contributed by atoms with E-state index < -0.39 is 5.97 Å². The van der Waals surface area contributed by atoms with E-state index in [9.17, 15) is 4.79 Å². The second kappa shape index (κ2) is 4.82. The van der Waals surface area contributed by atoms with Gasteiger partial charge in [-0.25, -0.2) is 9.79 Å². The highest BCUT2D eigenvalue weighted by Crippen LogP contribution is 2.06. The molecule has 0 unspecified atom stereocenters. The number of carbonyl (C=O) groups is 1. The SMILES string of the molecule is CCOC(=O)/C(C#N)=C1/C=CN=CN1. The molecule has 0 aromatic rings. The molecule has 14 heavy (non-hydrogen) atoms. The van der Waals surface area contributed by atoms with Crippen LogP contribution < -0.4 is 5.32 Å². The van der Waals surface area contributed by atoms with Gasteiger partial charge in [0.2, 0.25) is 0 Å². The smallest absolute Gasteiger partial charge is 0.351 e. The first kappa shape index (κ1) is 9.99. The lowest BCUT2D eigenvalue weighted by molar-refractivity contribution is -0.138. The Morgan fingerprint density at radius 1 is 1.79 bits per heavy atom. The summed E-state index contributed by atoms with van der Waals surface area (Å²) in [6.45, 7) is 1.93. The fourth-order valence-corrected chi connectivity index (χ4v) is 0.890. The van der Waals surface area contributed by atoms with Crippen molar-refractivity contribution in [3.8, 4) is 6.07 Å². The third kappa shape index (κ3) is 2.20. The van der Waals surface area contributed by atoms with E-state index in [0.29, 0.717) is 5.70 Å². The summed E-state index contributed by atoms with van der Waals surface area (Å²) < 4.78 is 4.71. The van der Waals surface area contributed by atoms with Crippen LogP contribution in [0, 0.1) is 11.3 Å². The summed E-state index contributed by atoms with van der Waals surface area (Å²) in [6, 6.07) is 1.79. The molecular weight excluding hydrogens is 182 g/mol. The Labute approximate surface area is 81.4 Å². The van der Waals surface area contributed by atoms with Crippen LogP contribution in [0.25, 0.3) is 0 Å². The Balaban J connectivity index is 2.91. The molecule has 1 aliphatic heterocycles. The van der Waals surface area contributed by atoms with Crippen molar-refractivity contribution in [1.29, 1.82) is 5.26 Å². The van der Waals surface area contributed by atoms with Crippen molar-refractivity contribution >= 4 is 12.3 Å². The average Bonchev–Trinajstić information content (AvgIpc) is 2.21. The quantitative estimate of drug-likeness (QED) is 0.391. The molecule has 0 aromatic heterocycles. The van der Waals surface area contributed by atoms with E-state index in [1.54, 1.807) is 13.0 Å². The van der Waals surface area contributed by atoms with Gasteiger partial charge in [0.25, 0.3) is 0 Å². The van der Waals surface area contributed by atoms with Gasteiger partial charge in [0.05, 0.1) is 18.6 Å². The van der Waals surface area contributed by atoms with Crippen LogP contribution in [0.1, 0.15) is 6.92 Å². The Morgan fingerprint density at radius 3 is 3.07 bits per heavy atom. The number of ether oxygens (including phenoxy) is 1. The third-order valence-corrected chi connectivity index (χ3v) is 1.48. The van der Waals surface area contributed by atoms with Gasteiger partial charge in [0.1, 0.15) is 6.07 Å². The van der Waals surface area contributed by atoms with Crippen LogP contribution in [0.4, 0.5) is 0 Å². The van der Waals surface area contributed by atoms with Gasteiger partial charge < -0.3 is 10.1 Å². The molecule has 72 valence electrons. The van der Waals surface area contributed by atoms with E-state index in [2.05, 4.69) is 10.3 Å². The second-order valence-corrected chi connectivity index (χ2v) is 2.36. The van der Waals surface area contributed by atoms with Crippen LogP contribution in [-0.4, -0.2) is 18.9 Å². The predicted octanol–water partition coefficient (Wildman–Crippen LogP) is 0.472. The third-order valence-electron chi connectivity index (χ3n) is 1.48. The number of esters is 1. The number of rotatable bonds is 2. The first-order valence-corrected chi connectivity index (χ1v) is 4.05. The molecule has 0 saturated heterocycles. The topological polar surface area (TPSA) is 74.5 Å². The van der Waals surface area contributed by atoms with E-state index in [4.69, 9.17) is 10.00 Å². The number of nitrogens with zero attached hydrogens (tertiary/aromatic N) is 2. The van der Waals surface area contributed by atoms with E-state index in [-0.39, 0.29) is 12.2 Å². The highest BCUT2D eigenvalue weighted by molar-refractivity contribution is 5.94. The van der Waals surface area contributed by atoms with Gasteiger partial charge in [-0.1, -0.05) is 0 Å². The Bertz CT molecular complexity index is 361. The Hall–Kier alpha value is -2.09. The molecule has 0 fully saturated rings. The highest BCUT2D eigenvalue weighted by Gasteiger charge is 2.15. The van der Waals surface area contributed by atoms with Crippen molar-refractivity contribution in [2.75, 3.05) is 6.61 Å². The predicted molar refractivity (Wildman–Crippen MR) is 50.0 cm³/mol. The molecule has 1 heterocycles. The minimum absolute atomic E-state index is 0.0470. The largest absolute Gasteiger partial charge is 0.462 e. The van der Waals surface area contributed by atoms with Crippen molar-refractivity contribution in [2.45, 2.75) is 6.92 Å². The lowest BCUT2D eigenvalue weighted by Gasteiger charge is -2.07. The zero-order valence-corrected chi connectivity index (χ0v) is 7.65. The van der Waals surface area contributed by atoms with E-state index in [0.717, 1.165) is 0 Å². The fourth-order valence-electron chi connectivity index (χ4n) is 0.890. The van der Waals surface area contributed by atoms with Gasteiger partial charge in [-0.3, -0.25) is 0 Å². The highest BCUT2D eigenvalue weighted by atomic mass is 16.5. The van der Waals surface area contributed by atoms with Crippen molar-refractivity contribution in [2.24, 2.45) is 4.99 Å². The maximum absolute atomic E-state index is 11.3. The molecule has 1 N–H and O–H groups in total. The van der Waals surface area contributed by atoms with Crippen LogP contribution in [0.15, 0.2) is 28.5 Å². The Kier molecular flexibility index (Phi) is 3.44. The summed E-state index contributed by atoms with van der Waals surface area (Å²) in [5.41, 5.74) is 0.357. The van der Waals surface area contributed by atoms with E-state index >= 15 is 0 Å².